The maximum Gasteiger partial charge on any atom is 0.229 e. The average molecular weight is 345 g/mol. The number of hydrogen-bond acceptors (Lipinski definition) is 3. The van der Waals surface area contributed by atoms with E-state index in [0.29, 0.717) is 11.4 Å². The molecule has 3 aromatic carbocycles. The highest BCUT2D eigenvalue weighted by molar-refractivity contribution is 7.92. The number of methoxy groups -OCH3 is 1. The zero-order chi connectivity index (χ0) is 17.3. The predicted octanol–water partition coefficient (Wildman–Crippen LogP) is 4.03. The van der Waals surface area contributed by atoms with Gasteiger partial charge in [0, 0.05) is 17.0 Å². The lowest BCUT2D eigenvalue weighted by Gasteiger charge is -2.14. The van der Waals surface area contributed by atoms with Gasteiger partial charge in [0.1, 0.15) is 11.6 Å². The number of rotatable bonds is 4. The first kappa shape index (κ1) is 16.3. The lowest BCUT2D eigenvalue weighted by atomic mass is 9.96. The van der Waals surface area contributed by atoms with Gasteiger partial charge >= 0.3 is 0 Å². The highest BCUT2D eigenvalue weighted by atomic mass is 32.2. The second-order valence-corrected chi connectivity index (χ2v) is 7.17. The molecule has 24 heavy (non-hydrogen) atoms. The van der Waals surface area contributed by atoms with Crippen molar-refractivity contribution in [1.82, 2.24) is 0 Å². The van der Waals surface area contributed by atoms with Crippen molar-refractivity contribution in [1.29, 1.82) is 0 Å². The Bertz CT molecular complexity index is 1020. The largest absolute Gasteiger partial charge is 0.496 e. The Kier molecular flexibility index (Phi) is 4.15. The Morgan fingerprint density at radius 3 is 2.29 bits per heavy atom. The van der Waals surface area contributed by atoms with Gasteiger partial charge in [-0.2, -0.15) is 0 Å². The molecule has 4 nitrogen and oxygen atoms in total. The van der Waals surface area contributed by atoms with Crippen LogP contribution in [-0.2, 0) is 10.0 Å². The highest BCUT2D eigenvalue weighted by Crippen LogP contribution is 2.38. The topological polar surface area (TPSA) is 55.4 Å². The van der Waals surface area contributed by atoms with Crippen LogP contribution in [-0.4, -0.2) is 21.8 Å². The number of nitrogens with one attached hydrogen (secondary N) is 1. The first-order valence-corrected chi connectivity index (χ1v) is 9.11. The molecule has 6 heteroatoms. The van der Waals surface area contributed by atoms with Gasteiger partial charge < -0.3 is 4.74 Å². The zero-order valence-corrected chi connectivity index (χ0v) is 14.0. The van der Waals surface area contributed by atoms with Crippen LogP contribution in [0.1, 0.15) is 0 Å². The Labute approximate surface area is 139 Å². The van der Waals surface area contributed by atoms with Crippen molar-refractivity contribution in [2.45, 2.75) is 0 Å². The number of sulfonamides is 1. The molecule has 3 aromatic rings. The fourth-order valence-electron chi connectivity index (χ4n) is 2.71. The predicted molar refractivity (Wildman–Crippen MR) is 94.4 cm³/mol. The van der Waals surface area contributed by atoms with Crippen LogP contribution >= 0.6 is 0 Å². The number of benzene rings is 3. The van der Waals surface area contributed by atoms with Crippen molar-refractivity contribution in [3.63, 3.8) is 0 Å². The van der Waals surface area contributed by atoms with Gasteiger partial charge in [0.25, 0.3) is 0 Å². The van der Waals surface area contributed by atoms with Crippen LogP contribution in [0.25, 0.3) is 21.9 Å². The van der Waals surface area contributed by atoms with Crippen LogP contribution in [0.2, 0.25) is 0 Å². The summed E-state index contributed by atoms with van der Waals surface area (Å²) in [4.78, 5) is 0. The SMILES string of the molecule is COc1cc(F)ccc1-c1ccc(NS(C)(=O)=O)c2ccccc12. The number of anilines is 1. The van der Waals surface area contributed by atoms with Gasteiger partial charge in [0.2, 0.25) is 10.0 Å². The molecule has 0 aromatic heterocycles. The number of hydrogen-bond donors (Lipinski definition) is 1. The molecular formula is C18H16FNO3S. The molecule has 0 saturated heterocycles. The van der Waals surface area contributed by atoms with Crippen LogP contribution in [0.3, 0.4) is 0 Å². The van der Waals surface area contributed by atoms with Crippen molar-refractivity contribution in [2.75, 3.05) is 18.1 Å². The van der Waals surface area contributed by atoms with Gasteiger partial charge in [-0.3, -0.25) is 4.72 Å². The minimum atomic E-state index is -3.39. The normalized spacial score (nSPS) is 11.5. The summed E-state index contributed by atoms with van der Waals surface area (Å²) in [6.07, 6.45) is 1.11. The summed E-state index contributed by atoms with van der Waals surface area (Å²) in [6, 6.07) is 15.3. The molecule has 0 amide bonds. The molecule has 0 aliphatic carbocycles. The summed E-state index contributed by atoms with van der Waals surface area (Å²) in [6.45, 7) is 0. The van der Waals surface area contributed by atoms with Crippen molar-refractivity contribution in [3.8, 4) is 16.9 Å². The quantitative estimate of drug-likeness (QED) is 0.777. The van der Waals surface area contributed by atoms with E-state index in [9.17, 15) is 12.8 Å². The molecule has 0 aliphatic rings. The van der Waals surface area contributed by atoms with E-state index >= 15 is 0 Å². The smallest absolute Gasteiger partial charge is 0.229 e. The second kappa shape index (κ2) is 6.13. The molecule has 3 rings (SSSR count). The first-order valence-electron chi connectivity index (χ1n) is 7.22. The zero-order valence-electron chi connectivity index (χ0n) is 13.2. The molecule has 0 aliphatic heterocycles. The summed E-state index contributed by atoms with van der Waals surface area (Å²) in [5.74, 6) is 0.0410. The van der Waals surface area contributed by atoms with Crippen molar-refractivity contribution in [2.24, 2.45) is 0 Å². The van der Waals surface area contributed by atoms with Gasteiger partial charge in [0.05, 0.1) is 19.1 Å². The summed E-state index contributed by atoms with van der Waals surface area (Å²) < 4.78 is 44.4. The molecule has 124 valence electrons. The van der Waals surface area contributed by atoms with E-state index in [-0.39, 0.29) is 5.82 Å². The third-order valence-electron chi connectivity index (χ3n) is 3.67. The Hall–Kier alpha value is -2.60. The van der Waals surface area contributed by atoms with Crippen molar-refractivity contribution >= 4 is 26.5 Å². The van der Waals surface area contributed by atoms with E-state index in [1.807, 2.05) is 24.3 Å². The molecule has 0 spiro atoms. The Balaban J connectivity index is 2.27. The van der Waals surface area contributed by atoms with E-state index in [2.05, 4.69) is 4.72 Å². The fraction of sp³-hybridized carbons (Fsp3) is 0.111. The lowest BCUT2D eigenvalue weighted by Crippen LogP contribution is -2.09. The highest BCUT2D eigenvalue weighted by Gasteiger charge is 2.13. The Morgan fingerprint density at radius 1 is 0.958 bits per heavy atom. The van der Waals surface area contributed by atoms with Gasteiger partial charge in [-0.1, -0.05) is 30.3 Å². The van der Waals surface area contributed by atoms with Crippen LogP contribution < -0.4 is 9.46 Å². The van der Waals surface area contributed by atoms with E-state index in [1.54, 1.807) is 18.2 Å². The monoisotopic (exact) mass is 345 g/mol. The van der Waals surface area contributed by atoms with Gasteiger partial charge in [-0.25, -0.2) is 12.8 Å². The summed E-state index contributed by atoms with van der Waals surface area (Å²) in [5.41, 5.74) is 2.07. The van der Waals surface area contributed by atoms with Gasteiger partial charge in [-0.05, 0) is 29.1 Å². The van der Waals surface area contributed by atoms with Crippen molar-refractivity contribution in [3.05, 3.63) is 60.4 Å². The van der Waals surface area contributed by atoms with Gasteiger partial charge in [-0.15, -0.1) is 0 Å². The molecule has 0 bridgehead atoms. The first-order chi connectivity index (χ1) is 11.4. The minimum Gasteiger partial charge on any atom is -0.496 e. The van der Waals surface area contributed by atoms with Crippen LogP contribution in [0.5, 0.6) is 5.75 Å². The molecule has 1 N–H and O–H groups in total. The maximum absolute atomic E-state index is 13.5. The number of fused-ring (bicyclic) bond motifs is 1. The minimum absolute atomic E-state index is 0.379. The third-order valence-corrected chi connectivity index (χ3v) is 4.26. The molecule has 0 saturated carbocycles. The molecule has 0 radical (unpaired) electrons. The maximum atomic E-state index is 13.5. The van der Waals surface area contributed by atoms with Gasteiger partial charge in [0.15, 0.2) is 0 Å². The van der Waals surface area contributed by atoms with E-state index < -0.39 is 10.0 Å². The molecule has 0 fully saturated rings. The molecule has 0 atom stereocenters. The standard InChI is InChI=1S/C18H16FNO3S/c1-23-18-11-12(19)7-8-16(18)14-9-10-17(20-24(2,21)22)15-6-4-3-5-13(14)15/h3-11,20H,1-2H3. The van der Waals surface area contributed by atoms with Crippen LogP contribution in [0.4, 0.5) is 10.1 Å². The van der Waals surface area contributed by atoms with E-state index in [0.717, 1.165) is 28.2 Å². The molecule has 0 heterocycles. The van der Waals surface area contributed by atoms with Crippen LogP contribution in [0.15, 0.2) is 54.6 Å². The fourth-order valence-corrected chi connectivity index (χ4v) is 3.29. The van der Waals surface area contributed by atoms with Crippen LogP contribution in [0, 0.1) is 5.82 Å². The van der Waals surface area contributed by atoms with E-state index in [4.69, 9.17) is 4.74 Å². The third kappa shape index (κ3) is 3.19. The summed E-state index contributed by atoms with van der Waals surface area (Å²) >= 11 is 0. The Morgan fingerprint density at radius 2 is 1.62 bits per heavy atom. The second-order valence-electron chi connectivity index (χ2n) is 5.43. The van der Waals surface area contributed by atoms with Crippen molar-refractivity contribution < 1.29 is 17.5 Å². The molecule has 0 unspecified atom stereocenters. The lowest BCUT2D eigenvalue weighted by molar-refractivity contribution is 0.413. The average Bonchev–Trinajstić information content (AvgIpc) is 2.54. The molecular weight excluding hydrogens is 329 g/mol. The summed E-state index contributed by atoms with van der Waals surface area (Å²) in [7, 11) is -1.90. The summed E-state index contributed by atoms with van der Waals surface area (Å²) in [5, 5.41) is 1.60. The number of halogens is 1. The number of ether oxygens (including phenoxy) is 1. The van der Waals surface area contributed by atoms with E-state index in [1.165, 1.54) is 19.2 Å².